The Morgan fingerprint density at radius 1 is 0.733 bits per heavy atom. The number of benzene rings is 3. The van der Waals surface area contributed by atoms with E-state index in [1.807, 2.05) is 60.7 Å². The van der Waals surface area contributed by atoms with Crippen LogP contribution in [0.25, 0.3) is 11.1 Å². The summed E-state index contributed by atoms with van der Waals surface area (Å²) < 4.78 is 5.39. The predicted molar refractivity (Wildman–Crippen MR) is 121 cm³/mol. The number of rotatable bonds is 5. The van der Waals surface area contributed by atoms with E-state index in [2.05, 4.69) is 41.0 Å². The zero-order valence-corrected chi connectivity index (χ0v) is 17.1. The summed E-state index contributed by atoms with van der Waals surface area (Å²) in [5.41, 5.74) is 2.87. The molecule has 0 amide bonds. The van der Waals surface area contributed by atoms with Crippen molar-refractivity contribution in [3.63, 3.8) is 0 Å². The van der Waals surface area contributed by atoms with Gasteiger partial charge in [0.15, 0.2) is 0 Å². The molecule has 3 nitrogen and oxygen atoms in total. The average molecular weight is 398 g/mol. The van der Waals surface area contributed by atoms with Crippen molar-refractivity contribution >= 4 is 0 Å². The molecule has 1 aliphatic rings. The van der Waals surface area contributed by atoms with Crippen molar-refractivity contribution in [1.29, 1.82) is 0 Å². The molecule has 0 saturated carbocycles. The minimum Gasteiger partial charge on any atom is -0.379 e. The molecule has 0 spiro atoms. The van der Waals surface area contributed by atoms with Gasteiger partial charge in [-0.1, -0.05) is 96.8 Å². The summed E-state index contributed by atoms with van der Waals surface area (Å²) in [5, 5.41) is 11.7. The topological polar surface area (TPSA) is 32.7 Å². The quantitative estimate of drug-likeness (QED) is 0.651. The third-order valence-electron chi connectivity index (χ3n) is 5.60. The Morgan fingerprint density at radius 3 is 1.97 bits per heavy atom. The second-order valence-electron chi connectivity index (χ2n) is 7.59. The maximum absolute atomic E-state index is 11.7. The minimum absolute atomic E-state index is 0.353. The predicted octanol–water partition coefficient (Wildman–Crippen LogP) is 4.32. The highest BCUT2D eigenvalue weighted by Gasteiger charge is 2.30. The van der Waals surface area contributed by atoms with E-state index in [0.29, 0.717) is 13.0 Å². The number of hydrogen-bond acceptors (Lipinski definition) is 3. The standard InChI is InChI=1S/C27H27NO2/c29-27(25-11-5-2-6-12-25,17-7-8-18-28-19-21-30-22-20-28)26-15-13-24(14-16-26)23-9-3-1-4-10-23/h1-6,9-16,29H,17-22H2/t27-/m0/s1. The van der Waals surface area contributed by atoms with Gasteiger partial charge in [0.25, 0.3) is 0 Å². The first-order valence-corrected chi connectivity index (χ1v) is 10.5. The highest BCUT2D eigenvalue weighted by molar-refractivity contribution is 5.64. The number of hydrogen-bond donors (Lipinski definition) is 1. The van der Waals surface area contributed by atoms with E-state index >= 15 is 0 Å². The van der Waals surface area contributed by atoms with E-state index in [9.17, 15) is 5.11 Å². The molecule has 152 valence electrons. The normalized spacial score (nSPS) is 16.3. The number of aliphatic hydroxyl groups is 1. The zero-order valence-electron chi connectivity index (χ0n) is 17.1. The fourth-order valence-corrected chi connectivity index (χ4v) is 3.77. The van der Waals surface area contributed by atoms with Crippen molar-refractivity contribution in [2.75, 3.05) is 32.8 Å². The zero-order chi connectivity index (χ0) is 20.7. The minimum atomic E-state index is -1.14. The van der Waals surface area contributed by atoms with Crippen molar-refractivity contribution in [3.8, 4) is 23.0 Å². The molecule has 1 aliphatic heterocycles. The molecule has 1 N–H and O–H groups in total. The summed E-state index contributed by atoms with van der Waals surface area (Å²) >= 11 is 0. The maximum Gasteiger partial charge on any atom is 0.125 e. The molecule has 1 heterocycles. The third-order valence-corrected chi connectivity index (χ3v) is 5.60. The van der Waals surface area contributed by atoms with Crippen molar-refractivity contribution in [3.05, 3.63) is 96.1 Å². The van der Waals surface area contributed by atoms with Crippen LogP contribution in [0, 0.1) is 11.8 Å². The lowest BCUT2D eigenvalue weighted by atomic mass is 9.83. The Morgan fingerprint density at radius 2 is 1.30 bits per heavy atom. The Balaban J connectivity index is 1.57. The third kappa shape index (κ3) is 4.80. The summed E-state index contributed by atoms with van der Waals surface area (Å²) in [6.07, 6.45) is 0.353. The first-order valence-electron chi connectivity index (χ1n) is 10.5. The Hall–Kier alpha value is -2.90. The molecule has 0 unspecified atom stereocenters. The highest BCUT2D eigenvalue weighted by Crippen LogP contribution is 2.34. The molecule has 1 atom stereocenters. The van der Waals surface area contributed by atoms with Crippen LogP contribution in [0.5, 0.6) is 0 Å². The van der Waals surface area contributed by atoms with E-state index in [1.54, 1.807) is 0 Å². The first kappa shape index (κ1) is 20.4. The summed E-state index contributed by atoms with van der Waals surface area (Å²) in [4.78, 5) is 2.28. The van der Waals surface area contributed by atoms with Gasteiger partial charge in [0.1, 0.15) is 5.60 Å². The molecule has 3 aromatic carbocycles. The number of ether oxygens (including phenoxy) is 1. The largest absolute Gasteiger partial charge is 0.379 e. The van der Waals surface area contributed by atoms with Gasteiger partial charge in [0.05, 0.1) is 19.8 Å². The highest BCUT2D eigenvalue weighted by atomic mass is 16.5. The average Bonchev–Trinajstić information content (AvgIpc) is 2.83. The van der Waals surface area contributed by atoms with Crippen LogP contribution >= 0.6 is 0 Å². The Kier molecular flexibility index (Phi) is 6.61. The summed E-state index contributed by atoms with van der Waals surface area (Å²) in [6, 6.07) is 28.3. The van der Waals surface area contributed by atoms with Crippen LogP contribution in [0.4, 0.5) is 0 Å². The molecule has 1 fully saturated rings. The molecule has 3 heteroatoms. The van der Waals surface area contributed by atoms with E-state index < -0.39 is 5.60 Å². The van der Waals surface area contributed by atoms with Crippen LogP contribution in [0.2, 0.25) is 0 Å². The van der Waals surface area contributed by atoms with Gasteiger partial charge in [0.2, 0.25) is 0 Å². The smallest absolute Gasteiger partial charge is 0.125 e. The fourth-order valence-electron chi connectivity index (χ4n) is 3.77. The van der Waals surface area contributed by atoms with Crippen molar-refractivity contribution in [2.24, 2.45) is 0 Å². The molecular formula is C27H27NO2. The molecule has 30 heavy (non-hydrogen) atoms. The van der Waals surface area contributed by atoms with Gasteiger partial charge >= 0.3 is 0 Å². The second kappa shape index (κ2) is 9.73. The van der Waals surface area contributed by atoms with Gasteiger partial charge in [-0.05, 0) is 22.3 Å². The van der Waals surface area contributed by atoms with Crippen LogP contribution in [0.15, 0.2) is 84.9 Å². The van der Waals surface area contributed by atoms with E-state index in [4.69, 9.17) is 4.74 Å². The van der Waals surface area contributed by atoms with Crippen LogP contribution in [-0.2, 0) is 10.3 Å². The number of morpholine rings is 1. The molecule has 3 aromatic rings. The molecule has 0 aliphatic carbocycles. The first-order chi connectivity index (χ1) is 14.8. The lowest BCUT2D eigenvalue weighted by molar-refractivity contribution is 0.0443. The van der Waals surface area contributed by atoms with Gasteiger partial charge in [-0.25, -0.2) is 0 Å². The Labute approximate surface area is 178 Å². The van der Waals surface area contributed by atoms with E-state index in [1.165, 1.54) is 0 Å². The van der Waals surface area contributed by atoms with Crippen molar-refractivity contribution in [1.82, 2.24) is 4.90 Å². The maximum atomic E-state index is 11.7. The van der Waals surface area contributed by atoms with Crippen LogP contribution in [-0.4, -0.2) is 42.9 Å². The molecule has 1 saturated heterocycles. The molecule has 0 bridgehead atoms. The van der Waals surface area contributed by atoms with Crippen LogP contribution < -0.4 is 0 Å². The van der Waals surface area contributed by atoms with Gasteiger partial charge in [-0.3, -0.25) is 4.90 Å². The lowest BCUT2D eigenvalue weighted by Crippen LogP contribution is -2.36. The number of nitrogens with zero attached hydrogens (tertiary/aromatic N) is 1. The van der Waals surface area contributed by atoms with Crippen LogP contribution in [0.1, 0.15) is 17.5 Å². The van der Waals surface area contributed by atoms with Crippen molar-refractivity contribution < 1.29 is 9.84 Å². The van der Waals surface area contributed by atoms with Crippen molar-refractivity contribution in [2.45, 2.75) is 12.0 Å². The Bertz CT molecular complexity index is 984. The van der Waals surface area contributed by atoms with Crippen LogP contribution in [0.3, 0.4) is 0 Å². The van der Waals surface area contributed by atoms with Gasteiger partial charge in [-0.15, -0.1) is 0 Å². The van der Waals surface area contributed by atoms with E-state index in [-0.39, 0.29) is 0 Å². The summed E-state index contributed by atoms with van der Waals surface area (Å²) in [6.45, 7) is 4.07. The van der Waals surface area contributed by atoms with Gasteiger partial charge in [0, 0.05) is 19.5 Å². The molecule has 0 aromatic heterocycles. The fraction of sp³-hybridized carbons (Fsp3) is 0.259. The van der Waals surface area contributed by atoms with Gasteiger partial charge < -0.3 is 9.84 Å². The molecule has 0 radical (unpaired) electrons. The van der Waals surface area contributed by atoms with E-state index in [0.717, 1.165) is 48.6 Å². The lowest BCUT2D eigenvalue weighted by Gasteiger charge is -2.28. The second-order valence-corrected chi connectivity index (χ2v) is 7.59. The summed E-state index contributed by atoms with van der Waals surface area (Å²) in [5.74, 6) is 6.48. The molecule has 4 rings (SSSR count). The SMILES string of the molecule is O[C@@](CC#CCN1CCOCC1)(c1ccccc1)c1ccc(-c2ccccc2)cc1. The monoisotopic (exact) mass is 397 g/mol. The summed E-state index contributed by atoms with van der Waals surface area (Å²) in [7, 11) is 0. The van der Waals surface area contributed by atoms with Gasteiger partial charge in [-0.2, -0.15) is 0 Å². The molecular weight excluding hydrogens is 370 g/mol.